The average Bonchev–Trinajstić information content (AvgIpc) is 3.01. The monoisotopic (exact) mass is 375 g/mol. The van der Waals surface area contributed by atoms with Crippen LogP contribution in [0.25, 0.3) is 10.9 Å². The number of carbonyl (C=O) groups is 3. The number of hydrazine groups is 1. The number of benzene rings is 1. The number of carbonyl (C=O) groups excluding carboxylic acids is 3. The van der Waals surface area contributed by atoms with E-state index >= 15 is 0 Å². The Balaban J connectivity index is 2.19. The number of H-pyrrole nitrogens is 1. The Morgan fingerprint density at radius 1 is 1.15 bits per heavy atom. The van der Waals surface area contributed by atoms with Crippen molar-refractivity contribution in [2.45, 2.75) is 40.2 Å². The summed E-state index contributed by atoms with van der Waals surface area (Å²) in [6, 6.07) is 6.60. The number of amides is 2. The third-order valence-corrected chi connectivity index (χ3v) is 3.55. The molecule has 146 valence electrons. The number of nitrogens with zero attached hydrogens (tertiary/aromatic N) is 1. The zero-order chi connectivity index (χ0) is 20.2. The third kappa shape index (κ3) is 5.22. The van der Waals surface area contributed by atoms with E-state index in [1.54, 1.807) is 58.9 Å². The minimum atomic E-state index is -0.704. The van der Waals surface area contributed by atoms with Crippen molar-refractivity contribution in [3.8, 4) is 0 Å². The van der Waals surface area contributed by atoms with Crippen LogP contribution >= 0.6 is 0 Å². The lowest BCUT2D eigenvalue weighted by atomic mass is 10.1. The maximum atomic E-state index is 12.7. The molecule has 0 fully saturated rings. The molecule has 1 aromatic heterocycles. The van der Waals surface area contributed by atoms with Gasteiger partial charge in [0.2, 0.25) is 0 Å². The normalized spacial score (nSPS) is 11.1. The second-order valence-corrected chi connectivity index (χ2v) is 6.87. The standard InChI is InChI=1S/C19H25N3O5/c1-6-22(21-18(25)27-19(3,4)5)16(23)12-8-9-14-13(10-12)11-15(20-14)17(24)26-7-2/h8-11,20H,6-7H2,1-5H3,(H,21,25). The lowest BCUT2D eigenvalue weighted by Gasteiger charge is -2.25. The molecule has 2 amide bonds. The van der Waals surface area contributed by atoms with Gasteiger partial charge in [0, 0.05) is 23.0 Å². The maximum Gasteiger partial charge on any atom is 0.426 e. The van der Waals surface area contributed by atoms with Crippen molar-refractivity contribution in [1.82, 2.24) is 15.4 Å². The maximum absolute atomic E-state index is 12.7. The number of aromatic amines is 1. The highest BCUT2D eigenvalue weighted by molar-refractivity contribution is 6.00. The van der Waals surface area contributed by atoms with Crippen LogP contribution in [-0.4, -0.2) is 46.7 Å². The number of hydrogen-bond acceptors (Lipinski definition) is 5. The molecule has 2 N–H and O–H groups in total. The fourth-order valence-electron chi connectivity index (χ4n) is 2.42. The predicted molar refractivity (Wildman–Crippen MR) is 100 cm³/mol. The molecule has 0 radical (unpaired) electrons. The second kappa shape index (κ2) is 8.11. The number of fused-ring (bicyclic) bond motifs is 1. The molecule has 0 aliphatic heterocycles. The van der Waals surface area contributed by atoms with Crippen LogP contribution in [0.4, 0.5) is 4.79 Å². The Bertz CT molecular complexity index is 851. The van der Waals surface area contributed by atoms with Crippen molar-refractivity contribution in [3.63, 3.8) is 0 Å². The van der Waals surface area contributed by atoms with Gasteiger partial charge >= 0.3 is 12.1 Å². The Morgan fingerprint density at radius 3 is 2.44 bits per heavy atom. The van der Waals surface area contributed by atoms with Crippen molar-refractivity contribution in [2.75, 3.05) is 13.2 Å². The Kier molecular flexibility index (Phi) is 6.09. The van der Waals surface area contributed by atoms with Crippen LogP contribution in [0.2, 0.25) is 0 Å². The molecule has 1 aromatic carbocycles. The first-order valence-corrected chi connectivity index (χ1v) is 8.76. The summed E-state index contributed by atoms with van der Waals surface area (Å²) in [6.45, 7) is 9.23. The molecule has 0 aliphatic carbocycles. The van der Waals surface area contributed by atoms with E-state index in [4.69, 9.17) is 9.47 Å². The predicted octanol–water partition coefficient (Wildman–Crippen LogP) is 3.25. The van der Waals surface area contributed by atoms with E-state index in [0.29, 0.717) is 22.2 Å². The van der Waals surface area contributed by atoms with Gasteiger partial charge in [-0.2, -0.15) is 0 Å². The molecule has 2 rings (SSSR count). The minimum Gasteiger partial charge on any atom is -0.461 e. The fraction of sp³-hybridized carbons (Fsp3) is 0.421. The fourth-order valence-corrected chi connectivity index (χ4v) is 2.42. The number of nitrogens with one attached hydrogen (secondary N) is 2. The van der Waals surface area contributed by atoms with Gasteiger partial charge in [0.15, 0.2) is 0 Å². The average molecular weight is 375 g/mol. The van der Waals surface area contributed by atoms with E-state index < -0.39 is 17.7 Å². The van der Waals surface area contributed by atoms with Gasteiger partial charge in [-0.05, 0) is 58.9 Å². The molecule has 8 nitrogen and oxygen atoms in total. The smallest absolute Gasteiger partial charge is 0.426 e. The van der Waals surface area contributed by atoms with E-state index in [1.807, 2.05) is 0 Å². The van der Waals surface area contributed by atoms with Crippen LogP contribution in [0, 0.1) is 0 Å². The first-order valence-electron chi connectivity index (χ1n) is 8.76. The van der Waals surface area contributed by atoms with Crippen LogP contribution in [0.3, 0.4) is 0 Å². The Labute approximate surface area is 157 Å². The van der Waals surface area contributed by atoms with Crippen LogP contribution in [-0.2, 0) is 9.47 Å². The summed E-state index contributed by atoms with van der Waals surface area (Å²) in [4.78, 5) is 39.4. The van der Waals surface area contributed by atoms with Crippen molar-refractivity contribution in [2.24, 2.45) is 0 Å². The highest BCUT2D eigenvalue weighted by Crippen LogP contribution is 2.19. The zero-order valence-electron chi connectivity index (χ0n) is 16.2. The molecule has 0 saturated heterocycles. The molecule has 0 saturated carbocycles. The molecule has 8 heteroatoms. The molecule has 0 atom stereocenters. The minimum absolute atomic E-state index is 0.261. The first-order chi connectivity index (χ1) is 12.6. The van der Waals surface area contributed by atoms with Crippen LogP contribution in [0.5, 0.6) is 0 Å². The van der Waals surface area contributed by atoms with Crippen molar-refractivity contribution >= 4 is 28.9 Å². The van der Waals surface area contributed by atoms with Gasteiger partial charge in [-0.3, -0.25) is 4.79 Å². The van der Waals surface area contributed by atoms with Crippen LogP contribution < -0.4 is 5.43 Å². The number of esters is 1. The van der Waals surface area contributed by atoms with E-state index in [1.165, 1.54) is 5.01 Å². The van der Waals surface area contributed by atoms with Crippen molar-refractivity contribution < 1.29 is 23.9 Å². The van der Waals surface area contributed by atoms with Gasteiger partial charge in [0.05, 0.1) is 6.61 Å². The summed E-state index contributed by atoms with van der Waals surface area (Å²) in [5, 5.41) is 1.87. The van der Waals surface area contributed by atoms with Gasteiger partial charge in [-0.1, -0.05) is 0 Å². The summed E-state index contributed by atoms with van der Waals surface area (Å²) in [5.41, 5.74) is 3.18. The summed E-state index contributed by atoms with van der Waals surface area (Å²) >= 11 is 0. The van der Waals surface area contributed by atoms with E-state index in [0.717, 1.165) is 0 Å². The van der Waals surface area contributed by atoms with E-state index in [9.17, 15) is 14.4 Å². The molecule has 0 bridgehead atoms. The largest absolute Gasteiger partial charge is 0.461 e. The molecule has 2 aromatic rings. The van der Waals surface area contributed by atoms with E-state index in [2.05, 4.69) is 10.4 Å². The summed E-state index contributed by atoms with van der Waals surface area (Å²) in [7, 11) is 0. The van der Waals surface area contributed by atoms with Gasteiger partial charge in [-0.15, -0.1) is 0 Å². The molecule has 27 heavy (non-hydrogen) atoms. The molecular weight excluding hydrogens is 350 g/mol. The van der Waals surface area contributed by atoms with Gasteiger partial charge in [0.1, 0.15) is 11.3 Å². The Morgan fingerprint density at radius 2 is 1.85 bits per heavy atom. The topological polar surface area (TPSA) is 101 Å². The number of ether oxygens (including phenoxy) is 2. The number of hydrogen-bond donors (Lipinski definition) is 2. The highest BCUT2D eigenvalue weighted by atomic mass is 16.6. The van der Waals surface area contributed by atoms with Crippen molar-refractivity contribution in [1.29, 1.82) is 0 Å². The zero-order valence-corrected chi connectivity index (χ0v) is 16.2. The molecule has 0 aliphatic rings. The second-order valence-electron chi connectivity index (χ2n) is 6.87. The van der Waals surface area contributed by atoms with Crippen LogP contribution in [0.1, 0.15) is 55.5 Å². The molecular formula is C19H25N3O5. The lowest BCUT2D eigenvalue weighted by Crippen LogP contribution is -2.47. The molecule has 0 spiro atoms. The lowest BCUT2D eigenvalue weighted by molar-refractivity contribution is 0.0302. The molecule has 0 unspecified atom stereocenters. The quantitative estimate of drug-likeness (QED) is 0.631. The summed E-state index contributed by atoms with van der Waals surface area (Å²) in [6.07, 6.45) is -0.704. The van der Waals surface area contributed by atoms with E-state index in [-0.39, 0.29) is 19.1 Å². The highest BCUT2D eigenvalue weighted by Gasteiger charge is 2.22. The summed E-state index contributed by atoms with van der Waals surface area (Å²) < 4.78 is 10.1. The third-order valence-electron chi connectivity index (χ3n) is 3.55. The number of aromatic nitrogens is 1. The van der Waals surface area contributed by atoms with Gasteiger partial charge in [0.25, 0.3) is 5.91 Å². The van der Waals surface area contributed by atoms with Crippen LogP contribution in [0.15, 0.2) is 24.3 Å². The molecule has 1 heterocycles. The van der Waals surface area contributed by atoms with Gasteiger partial charge < -0.3 is 14.5 Å². The Hall–Kier alpha value is -3.03. The summed E-state index contributed by atoms with van der Waals surface area (Å²) in [5.74, 6) is -0.840. The SMILES string of the molecule is CCOC(=O)c1cc2cc(C(=O)N(CC)NC(=O)OC(C)(C)C)ccc2[nH]1. The number of rotatable bonds is 4. The van der Waals surface area contributed by atoms with Crippen molar-refractivity contribution in [3.05, 3.63) is 35.5 Å². The van der Waals surface area contributed by atoms with Gasteiger partial charge in [-0.25, -0.2) is 20.0 Å². The first kappa shape index (κ1) is 20.3.